The van der Waals surface area contributed by atoms with Crippen LogP contribution in [-0.2, 0) is 6.42 Å². The molecule has 0 bridgehead atoms. The van der Waals surface area contributed by atoms with Crippen LogP contribution in [0.2, 0.25) is 0 Å². The van der Waals surface area contributed by atoms with E-state index >= 15 is 0 Å². The maximum atomic E-state index is 5.99. The number of aromatic nitrogens is 1. The molecule has 2 aromatic rings. The molecular weight excluding hydrogens is 246 g/mol. The van der Waals surface area contributed by atoms with Crippen molar-refractivity contribution < 1.29 is 0 Å². The van der Waals surface area contributed by atoms with Crippen molar-refractivity contribution in [2.75, 3.05) is 5.32 Å². The van der Waals surface area contributed by atoms with Gasteiger partial charge >= 0.3 is 0 Å². The third-order valence-corrected chi connectivity index (χ3v) is 4.37. The number of hydrogen-bond acceptors (Lipinski definition) is 3. The predicted octanol–water partition coefficient (Wildman–Crippen LogP) is 3.48. The summed E-state index contributed by atoms with van der Waals surface area (Å²) in [6.07, 6.45) is 9.56. The SMILES string of the molecule is CCc1cncc2cccc(NC3CCC(N)CC3)c12. The van der Waals surface area contributed by atoms with Crippen LogP contribution < -0.4 is 11.1 Å². The molecule has 1 aromatic heterocycles. The van der Waals surface area contributed by atoms with Crippen LogP contribution in [0.4, 0.5) is 5.69 Å². The van der Waals surface area contributed by atoms with Crippen molar-refractivity contribution in [3.63, 3.8) is 0 Å². The van der Waals surface area contributed by atoms with Crippen molar-refractivity contribution in [1.29, 1.82) is 0 Å². The molecule has 1 fully saturated rings. The Hall–Kier alpha value is -1.61. The van der Waals surface area contributed by atoms with Gasteiger partial charge in [-0.1, -0.05) is 19.1 Å². The lowest BCUT2D eigenvalue weighted by Gasteiger charge is -2.28. The molecule has 1 aromatic carbocycles. The Morgan fingerprint density at radius 2 is 2.00 bits per heavy atom. The summed E-state index contributed by atoms with van der Waals surface area (Å²) in [5.41, 5.74) is 8.56. The highest BCUT2D eigenvalue weighted by Crippen LogP contribution is 2.29. The first-order valence-electron chi connectivity index (χ1n) is 7.65. The molecule has 0 atom stereocenters. The summed E-state index contributed by atoms with van der Waals surface area (Å²) in [6, 6.07) is 7.40. The standard InChI is InChI=1S/C17H23N3/c1-2-12-10-19-11-13-4-3-5-16(17(12)13)20-15-8-6-14(18)7-9-15/h3-5,10-11,14-15,20H,2,6-9,18H2,1H3. The molecule has 1 heterocycles. The van der Waals surface area contributed by atoms with E-state index < -0.39 is 0 Å². The molecule has 0 radical (unpaired) electrons. The highest BCUT2D eigenvalue weighted by molar-refractivity contribution is 5.96. The minimum absolute atomic E-state index is 0.399. The van der Waals surface area contributed by atoms with E-state index in [1.165, 1.54) is 34.9 Å². The first kappa shape index (κ1) is 13.4. The molecule has 1 saturated carbocycles. The molecule has 1 aliphatic carbocycles. The van der Waals surface area contributed by atoms with Crippen molar-refractivity contribution >= 4 is 16.5 Å². The van der Waals surface area contributed by atoms with Crippen molar-refractivity contribution in [1.82, 2.24) is 4.98 Å². The Morgan fingerprint density at radius 3 is 2.75 bits per heavy atom. The zero-order valence-corrected chi connectivity index (χ0v) is 12.1. The minimum Gasteiger partial charge on any atom is -0.382 e. The Balaban J connectivity index is 1.91. The van der Waals surface area contributed by atoms with Crippen LogP contribution in [0.5, 0.6) is 0 Å². The number of benzene rings is 1. The largest absolute Gasteiger partial charge is 0.382 e. The fraction of sp³-hybridized carbons (Fsp3) is 0.471. The third-order valence-electron chi connectivity index (χ3n) is 4.37. The Kier molecular flexibility index (Phi) is 3.88. The molecule has 1 aliphatic rings. The van der Waals surface area contributed by atoms with Gasteiger partial charge in [0.1, 0.15) is 0 Å². The van der Waals surface area contributed by atoms with Crippen LogP contribution >= 0.6 is 0 Å². The lowest BCUT2D eigenvalue weighted by atomic mass is 9.91. The highest BCUT2D eigenvalue weighted by atomic mass is 14.9. The van der Waals surface area contributed by atoms with Gasteiger partial charge in [-0.3, -0.25) is 4.98 Å². The summed E-state index contributed by atoms with van der Waals surface area (Å²) >= 11 is 0. The van der Waals surface area contributed by atoms with Gasteiger partial charge < -0.3 is 11.1 Å². The summed E-state index contributed by atoms with van der Waals surface area (Å²) in [5.74, 6) is 0. The van der Waals surface area contributed by atoms with Gasteiger partial charge in [0.15, 0.2) is 0 Å². The average Bonchev–Trinajstić information content (AvgIpc) is 2.49. The van der Waals surface area contributed by atoms with Crippen LogP contribution in [0.15, 0.2) is 30.6 Å². The number of nitrogens with one attached hydrogen (secondary N) is 1. The van der Waals surface area contributed by atoms with Gasteiger partial charge in [0.2, 0.25) is 0 Å². The molecule has 0 unspecified atom stereocenters. The van der Waals surface area contributed by atoms with E-state index in [0.29, 0.717) is 12.1 Å². The Bertz CT molecular complexity index is 581. The topological polar surface area (TPSA) is 50.9 Å². The number of pyridine rings is 1. The number of nitrogens with two attached hydrogens (primary N) is 1. The second-order valence-electron chi connectivity index (χ2n) is 5.81. The molecule has 0 aliphatic heterocycles. The lowest BCUT2D eigenvalue weighted by molar-refractivity contribution is 0.411. The maximum Gasteiger partial charge on any atom is 0.0425 e. The van der Waals surface area contributed by atoms with E-state index in [2.05, 4.69) is 35.4 Å². The molecule has 3 nitrogen and oxygen atoms in total. The third kappa shape index (κ3) is 2.63. The fourth-order valence-corrected chi connectivity index (χ4v) is 3.18. The zero-order valence-electron chi connectivity index (χ0n) is 12.1. The summed E-state index contributed by atoms with van der Waals surface area (Å²) in [4.78, 5) is 4.34. The molecule has 3 N–H and O–H groups in total. The van der Waals surface area contributed by atoms with Crippen molar-refractivity contribution in [3.8, 4) is 0 Å². The number of hydrogen-bond donors (Lipinski definition) is 2. The molecule has 0 spiro atoms. The first-order valence-corrected chi connectivity index (χ1v) is 7.65. The summed E-state index contributed by atoms with van der Waals surface area (Å²) < 4.78 is 0. The number of nitrogens with zero attached hydrogens (tertiary/aromatic N) is 1. The summed E-state index contributed by atoms with van der Waals surface area (Å²) in [5, 5.41) is 6.29. The van der Waals surface area contributed by atoms with Gasteiger partial charge in [-0.05, 0) is 43.7 Å². The van der Waals surface area contributed by atoms with Gasteiger partial charge in [-0.2, -0.15) is 0 Å². The second kappa shape index (κ2) is 5.80. The number of aryl methyl sites for hydroxylation is 1. The molecule has 106 valence electrons. The van der Waals surface area contributed by atoms with Gasteiger partial charge in [-0.25, -0.2) is 0 Å². The van der Waals surface area contributed by atoms with Gasteiger partial charge in [-0.15, -0.1) is 0 Å². The van der Waals surface area contributed by atoms with E-state index in [9.17, 15) is 0 Å². The van der Waals surface area contributed by atoms with Gasteiger partial charge in [0, 0.05) is 40.9 Å². The quantitative estimate of drug-likeness (QED) is 0.897. The zero-order chi connectivity index (χ0) is 13.9. The fourth-order valence-electron chi connectivity index (χ4n) is 3.18. The Labute approximate surface area is 120 Å². The molecule has 0 saturated heterocycles. The number of rotatable bonds is 3. The average molecular weight is 269 g/mol. The van der Waals surface area contributed by atoms with E-state index in [1.54, 1.807) is 0 Å². The van der Waals surface area contributed by atoms with E-state index in [1.807, 2.05) is 12.4 Å². The maximum absolute atomic E-state index is 5.99. The van der Waals surface area contributed by atoms with Crippen molar-refractivity contribution in [2.45, 2.75) is 51.1 Å². The van der Waals surface area contributed by atoms with Gasteiger partial charge in [0.25, 0.3) is 0 Å². The second-order valence-corrected chi connectivity index (χ2v) is 5.81. The lowest BCUT2D eigenvalue weighted by Crippen LogP contribution is -2.32. The van der Waals surface area contributed by atoms with E-state index in [-0.39, 0.29) is 0 Å². The van der Waals surface area contributed by atoms with Crippen molar-refractivity contribution in [2.24, 2.45) is 5.73 Å². The Morgan fingerprint density at radius 1 is 1.20 bits per heavy atom. The van der Waals surface area contributed by atoms with Crippen molar-refractivity contribution in [3.05, 3.63) is 36.2 Å². The van der Waals surface area contributed by atoms with E-state index in [4.69, 9.17) is 5.73 Å². The highest BCUT2D eigenvalue weighted by Gasteiger charge is 2.19. The predicted molar refractivity (Wildman–Crippen MR) is 85.0 cm³/mol. The van der Waals surface area contributed by atoms with Crippen LogP contribution in [0.1, 0.15) is 38.2 Å². The van der Waals surface area contributed by atoms with Crippen LogP contribution in [0.25, 0.3) is 10.8 Å². The minimum atomic E-state index is 0.399. The molecule has 0 amide bonds. The monoisotopic (exact) mass is 269 g/mol. The smallest absolute Gasteiger partial charge is 0.0425 e. The molecule has 3 rings (SSSR count). The van der Waals surface area contributed by atoms with Crippen LogP contribution in [0.3, 0.4) is 0 Å². The molecule has 20 heavy (non-hydrogen) atoms. The van der Waals surface area contributed by atoms with Crippen LogP contribution in [0, 0.1) is 0 Å². The van der Waals surface area contributed by atoms with E-state index in [0.717, 1.165) is 19.3 Å². The summed E-state index contributed by atoms with van der Waals surface area (Å²) in [6.45, 7) is 2.19. The van der Waals surface area contributed by atoms with Gasteiger partial charge in [0.05, 0.1) is 0 Å². The number of fused-ring (bicyclic) bond motifs is 1. The van der Waals surface area contributed by atoms with Crippen LogP contribution in [-0.4, -0.2) is 17.1 Å². The number of anilines is 1. The summed E-state index contributed by atoms with van der Waals surface area (Å²) in [7, 11) is 0. The normalized spacial score (nSPS) is 22.9. The molecular formula is C17H23N3. The first-order chi connectivity index (χ1) is 9.78. The molecule has 3 heteroatoms.